The molecule has 0 bridgehead atoms. The summed E-state index contributed by atoms with van der Waals surface area (Å²) in [5.74, 6) is 0. The number of amides is 1. The standard InChI is InChI=1S/C5H14NO4P.CH3NO2/c1-6(2,3)4-5-10-11(7,8)9;2-1(3)4/h4-5H2,1-3H3,(H-,7,8,9);2H2,(H,3,4)/p+1. The highest BCUT2D eigenvalue weighted by atomic mass is 31.2. The first-order chi connectivity index (χ1) is 6.44. The van der Waals surface area contributed by atoms with Crippen LogP contribution in [0, 0.1) is 0 Å². The van der Waals surface area contributed by atoms with Crippen LogP contribution in [0.1, 0.15) is 0 Å². The van der Waals surface area contributed by atoms with E-state index >= 15 is 0 Å². The summed E-state index contributed by atoms with van der Waals surface area (Å²) < 4.78 is 15.1. The van der Waals surface area contributed by atoms with Crippen LogP contribution >= 0.6 is 7.82 Å². The molecule has 0 saturated carbocycles. The molecule has 0 heterocycles. The number of hydrogen-bond donors (Lipinski definition) is 4. The molecule has 8 nitrogen and oxygen atoms in total. The first-order valence-electron chi connectivity index (χ1n) is 3.93. The van der Waals surface area contributed by atoms with Crippen LogP contribution in [0.5, 0.6) is 0 Å². The first kappa shape index (κ1) is 16.8. The minimum Gasteiger partial charge on any atom is -0.465 e. The molecule has 15 heavy (non-hydrogen) atoms. The second-order valence-electron chi connectivity index (χ2n) is 3.68. The molecule has 92 valence electrons. The smallest absolute Gasteiger partial charge is 0.465 e. The van der Waals surface area contributed by atoms with Gasteiger partial charge in [0.15, 0.2) is 0 Å². The van der Waals surface area contributed by atoms with Crippen molar-refractivity contribution in [2.45, 2.75) is 0 Å². The van der Waals surface area contributed by atoms with E-state index in [0.29, 0.717) is 11.0 Å². The molecule has 5 N–H and O–H groups in total. The van der Waals surface area contributed by atoms with Crippen LogP contribution < -0.4 is 5.73 Å². The predicted octanol–water partition coefficient (Wildman–Crippen LogP) is -0.575. The van der Waals surface area contributed by atoms with Gasteiger partial charge >= 0.3 is 13.9 Å². The van der Waals surface area contributed by atoms with Crippen LogP contribution in [0.4, 0.5) is 4.79 Å². The van der Waals surface area contributed by atoms with Crippen molar-refractivity contribution < 1.29 is 33.3 Å². The second-order valence-corrected chi connectivity index (χ2v) is 4.92. The Morgan fingerprint density at radius 2 is 1.73 bits per heavy atom. The molecule has 0 aromatic carbocycles. The zero-order chi connectivity index (χ0) is 12.7. The van der Waals surface area contributed by atoms with Gasteiger partial charge in [-0.3, -0.25) is 4.52 Å². The van der Waals surface area contributed by atoms with E-state index in [9.17, 15) is 4.57 Å². The lowest BCUT2D eigenvalue weighted by molar-refractivity contribution is -0.870. The van der Waals surface area contributed by atoms with E-state index in [1.807, 2.05) is 21.1 Å². The van der Waals surface area contributed by atoms with Gasteiger partial charge in [-0.15, -0.1) is 0 Å². The van der Waals surface area contributed by atoms with Crippen molar-refractivity contribution in [2.24, 2.45) is 5.73 Å². The number of carboxylic acid groups (broad SMARTS) is 1. The second kappa shape index (κ2) is 6.76. The number of nitrogens with zero attached hydrogens (tertiary/aromatic N) is 1. The monoisotopic (exact) mass is 245 g/mol. The third-order valence-electron chi connectivity index (χ3n) is 1.02. The van der Waals surface area contributed by atoms with Gasteiger partial charge in [-0.25, -0.2) is 9.36 Å². The van der Waals surface area contributed by atoms with Crippen LogP contribution in [-0.2, 0) is 9.09 Å². The first-order valence-corrected chi connectivity index (χ1v) is 5.46. The lowest BCUT2D eigenvalue weighted by Crippen LogP contribution is -2.37. The van der Waals surface area contributed by atoms with E-state index in [2.05, 4.69) is 10.3 Å². The Hall–Kier alpha value is -0.660. The normalized spacial score (nSPS) is 11.5. The maximum Gasteiger partial charge on any atom is 0.469 e. The van der Waals surface area contributed by atoms with E-state index < -0.39 is 13.9 Å². The minimum absolute atomic E-state index is 0.0772. The molecule has 9 heteroatoms. The largest absolute Gasteiger partial charge is 0.469 e. The molecule has 0 aromatic heterocycles. The number of phosphoric ester groups is 1. The molecule has 1 amide bonds. The van der Waals surface area contributed by atoms with Gasteiger partial charge in [0.05, 0.1) is 21.1 Å². The van der Waals surface area contributed by atoms with Crippen LogP contribution in [-0.4, -0.2) is 59.8 Å². The number of primary amides is 1. The zero-order valence-corrected chi connectivity index (χ0v) is 9.85. The molecule has 0 aliphatic rings. The van der Waals surface area contributed by atoms with E-state index in [4.69, 9.17) is 19.7 Å². The maximum atomic E-state index is 10.2. The number of carbonyl (C=O) groups is 1. The molecule has 0 spiro atoms. The molecular formula is C6H18N2O6P+. The molecule has 0 rings (SSSR count). The number of rotatable bonds is 4. The molecule has 0 unspecified atom stereocenters. The van der Waals surface area contributed by atoms with E-state index in [0.717, 1.165) is 0 Å². The topological polar surface area (TPSA) is 130 Å². The zero-order valence-electron chi connectivity index (χ0n) is 8.95. The van der Waals surface area contributed by atoms with Crippen molar-refractivity contribution in [3.63, 3.8) is 0 Å². The number of phosphoric acid groups is 1. The van der Waals surface area contributed by atoms with Crippen LogP contribution in [0.15, 0.2) is 0 Å². The van der Waals surface area contributed by atoms with Crippen LogP contribution in [0.3, 0.4) is 0 Å². The van der Waals surface area contributed by atoms with Gasteiger partial charge in [0, 0.05) is 0 Å². The van der Waals surface area contributed by atoms with Crippen LogP contribution in [0.25, 0.3) is 0 Å². The average Bonchev–Trinajstić information content (AvgIpc) is 1.77. The third kappa shape index (κ3) is 31.8. The summed E-state index contributed by atoms with van der Waals surface area (Å²) in [7, 11) is 1.50. The fraction of sp³-hybridized carbons (Fsp3) is 0.833. The fourth-order valence-corrected chi connectivity index (χ4v) is 0.753. The van der Waals surface area contributed by atoms with E-state index in [-0.39, 0.29) is 6.61 Å². The summed E-state index contributed by atoms with van der Waals surface area (Å²) in [6.45, 7) is 0.652. The minimum atomic E-state index is -4.26. The molecule has 0 aliphatic heterocycles. The summed E-state index contributed by atoms with van der Waals surface area (Å²) in [6, 6.07) is 0. The third-order valence-corrected chi connectivity index (χ3v) is 1.54. The SMILES string of the molecule is C[N+](C)(C)CCOP(=O)(O)O.NC(=O)O. The van der Waals surface area contributed by atoms with Crippen molar-refractivity contribution in [3.8, 4) is 0 Å². The van der Waals surface area contributed by atoms with E-state index in [1.165, 1.54) is 0 Å². The Morgan fingerprint density at radius 3 is 1.93 bits per heavy atom. The Kier molecular flexibility index (Phi) is 7.55. The van der Waals surface area contributed by atoms with Gasteiger partial charge < -0.3 is 25.1 Å². The Bertz CT molecular complexity index is 228. The molecule has 0 aromatic rings. The van der Waals surface area contributed by atoms with Crippen molar-refractivity contribution in [2.75, 3.05) is 34.3 Å². The molecule has 0 saturated heterocycles. The van der Waals surface area contributed by atoms with Crippen molar-refractivity contribution >= 4 is 13.9 Å². The van der Waals surface area contributed by atoms with Gasteiger partial charge in [0.2, 0.25) is 0 Å². The molecule has 0 aliphatic carbocycles. The van der Waals surface area contributed by atoms with Crippen molar-refractivity contribution in [1.29, 1.82) is 0 Å². The highest BCUT2D eigenvalue weighted by Crippen LogP contribution is 2.35. The number of nitrogens with two attached hydrogens (primary N) is 1. The van der Waals surface area contributed by atoms with Gasteiger partial charge in [0.25, 0.3) is 0 Å². The predicted molar refractivity (Wildman–Crippen MR) is 53.1 cm³/mol. The molecule has 0 fully saturated rings. The lowest BCUT2D eigenvalue weighted by atomic mass is 10.5. The summed E-state index contributed by atoms with van der Waals surface area (Å²) in [6.07, 6.45) is -1.33. The van der Waals surface area contributed by atoms with E-state index in [1.54, 1.807) is 0 Å². The molecular weight excluding hydrogens is 227 g/mol. The van der Waals surface area contributed by atoms with Gasteiger partial charge in [0.1, 0.15) is 13.2 Å². The average molecular weight is 245 g/mol. The number of hydrogen-bond acceptors (Lipinski definition) is 3. The summed E-state index contributed by atoms with van der Waals surface area (Å²) >= 11 is 0. The highest BCUT2D eigenvalue weighted by molar-refractivity contribution is 7.46. The Morgan fingerprint density at radius 1 is 1.40 bits per heavy atom. The summed E-state index contributed by atoms with van der Waals surface area (Å²) in [4.78, 5) is 25.4. The van der Waals surface area contributed by atoms with Gasteiger partial charge in [-0.1, -0.05) is 0 Å². The Balaban J connectivity index is 0. The summed E-state index contributed by atoms with van der Waals surface area (Å²) in [5, 5.41) is 7.19. The van der Waals surface area contributed by atoms with Gasteiger partial charge in [-0.2, -0.15) is 0 Å². The molecule has 0 radical (unpaired) electrons. The Labute approximate surface area is 88.1 Å². The van der Waals surface area contributed by atoms with Gasteiger partial charge in [-0.05, 0) is 0 Å². The number of likely N-dealkylation sites (N-methyl/N-ethyl adjacent to an activating group) is 1. The van der Waals surface area contributed by atoms with Crippen LogP contribution in [0.2, 0.25) is 0 Å². The summed E-state index contributed by atoms with van der Waals surface area (Å²) in [5.41, 5.74) is 4.03. The fourth-order valence-electron chi connectivity index (χ4n) is 0.434. The quantitative estimate of drug-likeness (QED) is 0.387. The molecule has 0 atom stereocenters. The number of quaternary nitrogens is 1. The maximum absolute atomic E-state index is 10.2. The van der Waals surface area contributed by atoms with Crippen molar-refractivity contribution in [1.82, 2.24) is 0 Å². The lowest BCUT2D eigenvalue weighted by Gasteiger charge is -2.23. The van der Waals surface area contributed by atoms with Crippen molar-refractivity contribution in [3.05, 3.63) is 0 Å². The highest BCUT2D eigenvalue weighted by Gasteiger charge is 2.15.